The molecule has 1 saturated heterocycles. The van der Waals surface area contributed by atoms with Crippen LogP contribution in [0.5, 0.6) is 0 Å². The zero-order valence-electron chi connectivity index (χ0n) is 10.1. The largest absolute Gasteiger partial charge is 0.481 e. The maximum absolute atomic E-state index is 10.6. The zero-order chi connectivity index (χ0) is 12.3. The van der Waals surface area contributed by atoms with Crippen LogP contribution in [-0.2, 0) is 9.53 Å². The summed E-state index contributed by atoms with van der Waals surface area (Å²) in [5.41, 5.74) is -0.550. The van der Waals surface area contributed by atoms with Crippen LogP contribution in [0.2, 0.25) is 0 Å². The molecule has 98 valence electrons. The Morgan fingerprint density at radius 1 is 1.41 bits per heavy atom. The summed E-state index contributed by atoms with van der Waals surface area (Å²) in [7, 11) is 0. The van der Waals surface area contributed by atoms with Crippen molar-refractivity contribution in [2.45, 2.75) is 43.8 Å². The van der Waals surface area contributed by atoms with Crippen LogP contribution in [0.3, 0.4) is 0 Å². The van der Waals surface area contributed by atoms with Crippen LogP contribution in [0.1, 0.15) is 32.1 Å². The normalized spacial score (nSPS) is 29.4. The first-order valence-corrected chi connectivity index (χ1v) is 6.36. The average Bonchev–Trinajstić information content (AvgIpc) is 2.64. The summed E-state index contributed by atoms with van der Waals surface area (Å²) in [6, 6.07) is 0. The highest BCUT2D eigenvalue weighted by atomic mass is 16.5. The summed E-state index contributed by atoms with van der Waals surface area (Å²) >= 11 is 0. The van der Waals surface area contributed by atoms with E-state index in [-0.39, 0.29) is 12.5 Å². The third kappa shape index (κ3) is 3.66. The maximum atomic E-state index is 10.6. The number of aliphatic hydroxyl groups is 1. The zero-order valence-corrected chi connectivity index (χ0v) is 10.1. The number of carboxylic acid groups (broad SMARTS) is 1. The maximum Gasteiger partial charge on any atom is 0.306 e. The number of ether oxygens (including phenoxy) is 1. The molecule has 0 spiro atoms. The molecular formula is C12H21NO4. The fourth-order valence-electron chi connectivity index (χ4n) is 2.85. The van der Waals surface area contributed by atoms with E-state index in [4.69, 9.17) is 9.84 Å². The second-order valence-electron chi connectivity index (χ2n) is 5.26. The van der Waals surface area contributed by atoms with Crippen LogP contribution >= 0.6 is 0 Å². The molecule has 2 fully saturated rings. The molecule has 0 aromatic heterocycles. The molecule has 1 atom stereocenters. The molecule has 17 heavy (non-hydrogen) atoms. The minimum Gasteiger partial charge on any atom is -0.481 e. The average molecular weight is 243 g/mol. The smallest absolute Gasteiger partial charge is 0.306 e. The van der Waals surface area contributed by atoms with Gasteiger partial charge in [0.05, 0.1) is 24.7 Å². The van der Waals surface area contributed by atoms with Crippen LogP contribution < -0.4 is 0 Å². The van der Waals surface area contributed by atoms with Gasteiger partial charge in [0, 0.05) is 19.6 Å². The van der Waals surface area contributed by atoms with Crippen molar-refractivity contribution in [1.82, 2.24) is 4.90 Å². The predicted molar refractivity (Wildman–Crippen MR) is 61.9 cm³/mol. The first-order chi connectivity index (χ1) is 8.07. The van der Waals surface area contributed by atoms with Gasteiger partial charge in [-0.3, -0.25) is 9.69 Å². The van der Waals surface area contributed by atoms with E-state index in [1.165, 1.54) is 0 Å². The number of hydrogen-bond acceptors (Lipinski definition) is 4. The summed E-state index contributed by atoms with van der Waals surface area (Å²) < 4.78 is 5.41. The molecule has 0 amide bonds. The Kier molecular flexibility index (Phi) is 4.01. The van der Waals surface area contributed by atoms with E-state index in [0.717, 1.165) is 32.2 Å². The van der Waals surface area contributed by atoms with Crippen LogP contribution in [0.4, 0.5) is 0 Å². The Bertz CT molecular complexity index is 276. The second-order valence-corrected chi connectivity index (χ2v) is 5.26. The molecule has 0 radical (unpaired) electrons. The molecule has 2 aliphatic rings. The number of hydrogen-bond donors (Lipinski definition) is 2. The summed E-state index contributed by atoms with van der Waals surface area (Å²) in [6.45, 7) is 2.63. The van der Waals surface area contributed by atoms with Crippen LogP contribution in [0.25, 0.3) is 0 Å². The van der Waals surface area contributed by atoms with E-state index in [1.54, 1.807) is 0 Å². The van der Waals surface area contributed by atoms with Gasteiger partial charge < -0.3 is 14.9 Å². The van der Waals surface area contributed by atoms with Gasteiger partial charge in [0.25, 0.3) is 0 Å². The first kappa shape index (κ1) is 12.8. The number of nitrogens with zero attached hydrogens (tertiary/aromatic N) is 1. The van der Waals surface area contributed by atoms with E-state index >= 15 is 0 Å². The lowest BCUT2D eigenvalue weighted by atomic mass is 10.0. The van der Waals surface area contributed by atoms with Crippen molar-refractivity contribution in [3.8, 4) is 0 Å². The number of aliphatic carboxylic acids is 1. The molecule has 2 rings (SSSR count). The fraction of sp³-hybridized carbons (Fsp3) is 0.917. The lowest BCUT2D eigenvalue weighted by Gasteiger charge is -2.36. The monoisotopic (exact) mass is 243 g/mol. The molecule has 1 saturated carbocycles. The molecule has 1 heterocycles. The summed E-state index contributed by atoms with van der Waals surface area (Å²) in [6.07, 6.45) is 3.75. The Hall–Kier alpha value is -0.650. The topological polar surface area (TPSA) is 70.0 Å². The number of rotatable bonds is 4. The van der Waals surface area contributed by atoms with Crippen molar-refractivity contribution >= 4 is 5.97 Å². The molecule has 2 N–H and O–H groups in total. The van der Waals surface area contributed by atoms with E-state index < -0.39 is 11.6 Å². The van der Waals surface area contributed by atoms with Gasteiger partial charge in [0.1, 0.15) is 0 Å². The highest BCUT2D eigenvalue weighted by Gasteiger charge is 2.34. The van der Waals surface area contributed by atoms with E-state index in [9.17, 15) is 9.90 Å². The van der Waals surface area contributed by atoms with Gasteiger partial charge in [-0.05, 0) is 12.8 Å². The Morgan fingerprint density at radius 2 is 2.12 bits per heavy atom. The molecule has 0 bridgehead atoms. The number of β-amino-alcohol motifs (C(OH)–C–C–N with tert-alkyl or cyclic N) is 1. The summed E-state index contributed by atoms with van der Waals surface area (Å²) in [5.74, 6) is -0.823. The van der Waals surface area contributed by atoms with E-state index in [1.807, 2.05) is 0 Å². The molecule has 1 aliphatic carbocycles. The van der Waals surface area contributed by atoms with Gasteiger partial charge in [-0.25, -0.2) is 0 Å². The van der Waals surface area contributed by atoms with E-state index in [2.05, 4.69) is 4.90 Å². The van der Waals surface area contributed by atoms with Crippen molar-refractivity contribution in [2.75, 3.05) is 26.2 Å². The van der Waals surface area contributed by atoms with Crippen LogP contribution in [0, 0.1) is 0 Å². The molecule has 0 aromatic rings. The third-order valence-electron chi connectivity index (χ3n) is 3.68. The Labute approximate surface area is 101 Å². The minimum atomic E-state index is -0.823. The van der Waals surface area contributed by atoms with Gasteiger partial charge in [-0.2, -0.15) is 0 Å². The SMILES string of the molecule is O=C(O)CC1CN(CC2(O)CCCC2)CCO1. The molecule has 5 heteroatoms. The predicted octanol–water partition coefficient (Wildman–Crippen LogP) is 0.467. The van der Waals surface area contributed by atoms with Gasteiger partial charge in [-0.15, -0.1) is 0 Å². The number of morpholine rings is 1. The molecule has 5 nitrogen and oxygen atoms in total. The number of carbonyl (C=O) groups is 1. The van der Waals surface area contributed by atoms with Gasteiger partial charge >= 0.3 is 5.97 Å². The van der Waals surface area contributed by atoms with Gasteiger partial charge in [-0.1, -0.05) is 12.8 Å². The van der Waals surface area contributed by atoms with Crippen molar-refractivity contribution < 1.29 is 19.7 Å². The molecular weight excluding hydrogens is 222 g/mol. The Balaban J connectivity index is 1.82. The summed E-state index contributed by atoms with van der Waals surface area (Å²) in [5, 5.41) is 19.1. The van der Waals surface area contributed by atoms with Crippen molar-refractivity contribution in [3.05, 3.63) is 0 Å². The number of carboxylic acids is 1. The standard InChI is InChI=1S/C12H21NO4/c14-11(15)7-10-8-13(5-6-17-10)9-12(16)3-1-2-4-12/h10,16H,1-9H2,(H,14,15). The highest BCUT2D eigenvalue weighted by Crippen LogP contribution is 2.30. The lowest BCUT2D eigenvalue weighted by Crippen LogP contribution is -2.49. The minimum absolute atomic E-state index is 0.0505. The van der Waals surface area contributed by atoms with Crippen LogP contribution in [-0.4, -0.2) is 59.0 Å². The Morgan fingerprint density at radius 3 is 2.76 bits per heavy atom. The van der Waals surface area contributed by atoms with Gasteiger partial charge in [0.2, 0.25) is 0 Å². The lowest BCUT2D eigenvalue weighted by molar-refractivity contribution is -0.142. The summed E-state index contributed by atoms with van der Waals surface area (Å²) in [4.78, 5) is 12.8. The van der Waals surface area contributed by atoms with Crippen LogP contribution in [0.15, 0.2) is 0 Å². The first-order valence-electron chi connectivity index (χ1n) is 6.36. The van der Waals surface area contributed by atoms with Crippen molar-refractivity contribution in [2.24, 2.45) is 0 Å². The second kappa shape index (κ2) is 5.33. The van der Waals surface area contributed by atoms with Crippen molar-refractivity contribution in [3.63, 3.8) is 0 Å². The molecule has 1 unspecified atom stereocenters. The molecule has 1 aliphatic heterocycles. The fourth-order valence-corrected chi connectivity index (χ4v) is 2.85. The molecule has 0 aromatic carbocycles. The van der Waals surface area contributed by atoms with E-state index in [0.29, 0.717) is 19.7 Å². The third-order valence-corrected chi connectivity index (χ3v) is 3.68. The quantitative estimate of drug-likeness (QED) is 0.751. The highest BCUT2D eigenvalue weighted by molar-refractivity contribution is 5.67. The van der Waals surface area contributed by atoms with Gasteiger partial charge in [0.15, 0.2) is 0 Å². The van der Waals surface area contributed by atoms with Crippen molar-refractivity contribution in [1.29, 1.82) is 0 Å².